The molecular formula is C46H33N3. The number of hydrogen-bond acceptors (Lipinski definition) is 3. The Hall–Kier alpha value is -6.19. The lowest BCUT2D eigenvalue weighted by atomic mass is 9.78. The summed E-state index contributed by atoms with van der Waals surface area (Å²) in [4.78, 5) is 14.8. The molecule has 0 aliphatic heterocycles. The van der Waals surface area contributed by atoms with E-state index < -0.39 is 0 Å². The molecule has 232 valence electrons. The predicted molar refractivity (Wildman–Crippen MR) is 202 cm³/mol. The van der Waals surface area contributed by atoms with Crippen LogP contribution in [0, 0.1) is 0 Å². The standard InChI is InChI=1S/C46H33N3/c1-46(2)41-23-9-8-20-37(41)39-22-11-21-38(44(39)46)36-24-25-40(35-19-7-6-18-34(35)36)45-48-42(30-13-4-3-5-14-30)28-43(49-45)32-16-10-15-31(27-32)33-17-12-26-47-29-33/h3-29H,1-2H3. The van der Waals surface area contributed by atoms with Gasteiger partial charge in [-0.1, -0.05) is 141 Å². The highest BCUT2D eigenvalue weighted by atomic mass is 14.9. The van der Waals surface area contributed by atoms with Crippen LogP contribution in [0.2, 0.25) is 0 Å². The number of fused-ring (bicyclic) bond motifs is 4. The van der Waals surface area contributed by atoms with Gasteiger partial charge in [-0.05, 0) is 74.0 Å². The highest BCUT2D eigenvalue weighted by Gasteiger charge is 2.37. The summed E-state index contributed by atoms with van der Waals surface area (Å²) in [6, 6.07) is 53.8. The lowest BCUT2D eigenvalue weighted by Crippen LogP contribution is -2.16. The SMILES string of the molecule is CC1(C)c2ccccc2-c2cccc(-c3ccc(-c4nc(-c5ccccc5)cc(-c5cccc(-c6cccnc6)c5)n4)c4ccccc34)c21. The predicted octanol–water partition coefficient (Wildman–Crippen LogP) is 11.7. The number of nitrogens with zero attached hydrogens (tertiary/aromatic N) is 3. The molecule has 0 radical (unpaired) electrons. The van der Waals surface area contributed by atoms with Crippen LogP contribution in [-0.4, -0.2) is 15.0 Å². The molecule has 0 saturated heterocycles. The lowest BCUT2D eigenvalue weighted by molar-refractivity contribution is 0.662. The second kappa shape index (κ2) is 11.5. The Bertz CT molecular complexity index is 2520. The van der Waals surface area contributed by atoms with Gasteiger partial charge in [0.2, 0.25) is 0 Å². The first kappa shape index (κ1) is 29.0. The molecule has 2 aromatic heterocycles. The third kappa shape index (κ3) is 4.86. The summed E-state index contributed by atoms with van der Waals surface area (Å²) in [5, 5.41) is 2.32. The minimum absolute atomic E-state index is 0.116. The summed E-state index contributed by atoms with van der Waals surface area (Å²) in [5.74, 6) is 0.705. The van der Waals surface area contributed by atoms with Gasteiger partial charge in [-0.25, -0.2) is 9.97 Å². The van der Waals surface area contributed by atoms with E-state index in [1.807, 2.05) is 18.3 Å². The van der Waals surface area contributed by atoms with Gasteiger partial charge in [0.25, 0.3) is 0 Å². The van der Waals surface area contributed by atoms with Crippen molar-refractivity contribution in [3.63, 3.8) is 0 Å². The molecule has 1 aliphatic rings. The Morgan fingerprint density at radius 1 is 0.429 bits per heavy atom. The van der Waals surface area contributed by atoms with Crippen LogP contribution >= 0.6 is 0 Å². The zero-order valence-corrected chi connectivity index (χ0v) is 27.4. The first-order valence-electron chi connectivity index (χ1n) is 16.8. The van der Waals surface area contributed by atoms with Gasteiger partial charge in [0, 0.05) is 40.1 Å². The highest BCUT2D eigenvalue weighted by molar-refractivity contribution is 6.06. The van der Waals surface area contributed by atoms with Crippen molar-refractivity contribution < 1.29 is 0 Å². The fourth-order valence-corrected chi connectivity index (χ4v) is 7.67. The molecule has 0 saturated carbocycles. The minimum Gasteiger partial charge on any atom is -0.264 e. The molecule has 1 aliphatic carbocycles. The molecule has 0 bridgehead atoms. The first-order valence-corrected chi connectivity index (χ1v) is 16.8. The van der Waals surface area contributed by atoms with Gasteiger partial charge in [0.15, 0.2) is 5.82 Å². The number of hydrogen-bond donors (Lipinski definition) is 0. The summed E-state index contributed by atoms with van der Waals surface area (Å²) in [6.45, 7) is 4.71. The molecule has 0 amide bonds. The van der Waals surface area contributed by atoms with E-state index in [2.05, 4.69) is 158 Å². The average Bonchev–Trinajstić information content (AvgIpc) is 3.41. The summed E-state index contributed by atoms with van der Waals surface area (Å²) in [5.41, 5.74) is 14.8. The normalized spacial score (nSPS) is 12.9. The maximum Gasteiger partial charge on any atom is 0.161 e. The second-order valence-corrected chi connectivity index (χ2v) is 13.3. The molecule has 0 N–H and O–H groups in total. The van der Waals surface area contributed by atoms with Crippen molar-refractivity contribution in [1.82, 2.24) is 15.0 Å². The Morgan fingerprint density at radius 3 is 1.82 bits per heavy atom. The average molecular weight is 628 g/mol. The first-order chi connectivity index (χ1) is 24.1. The van der Waals surface area contributed by atoms with Crippen LogP contribution in [-0.2, 0) is 5.41 Å². The van der Waals surface area contributed by atoms with Crippen molar-refractivity contribution in [2.75, 3.05) is 0 Å². The van der Waals surface area contributed by atoms with Crippen LogP contribution in [0.15, 0.2) is 164 Å². The zero-order chi connectivity index (χ0) is 33.0. The van der Waals surface area contributed by atoms with Crippen molar-refractivity contribution in [3.05, 3.63) is 175 Å². The van der Waals surface area contributed by atoms with Crippen LogP contribution < -0.4 is 0 Å². The van der Waals surface area contributed by atoms with E-state index in [-0.39, 0.29) is 5.41 Å². The highest BCUT2D eigenvalue weighted by Crippen LogP contribution is 2.53. The number of aromatic nitrogens is 3. The second-order valence-electron chi connectivity index (χ2n) is 13.3. The van der Waals surface area contributed by atoms with Crippen LogP contribution in [0.3, 0.4) is 0 Å². The fraction of sp³-hybridized carbons (Fsp3) is 0.0652. The molecule has 3 nitrogen and oxygen atoms in total. The summed E-state index contributed by atoms with van der Waals surface area (Å²) in [7, 11) is 0. The maximum absolute atomic E-state index is 5.27. The maximum atomic E-state index is 5.27. The van der Waals surface area contributed by atoms with Crippen LogP contribution in [0.5, 0.6) is 0 Å². The van der Waals surface area contributed by atoms with E-state index in [0.717, 1.165) is 44.6 Å². The van der Waals surface area contributed by atoms with Crippen molar-refractivity contribution in [2.24, 2.45) is 0 Å². The Labute approximate surface area is 286 Å². The number of rotatable bonds is 5. The summed E-state index contributed by atoms with van der Waals surface area (Å²) >= 11 is 0. The van der Waals surface area contributed by atoms with Gasteiger partial charge in [-0.15, -0.1) is 0 Å². The smallest absolute Gasteiger partial charge is 0.161 e. The van der Waals surface area contributed by atoms with E-state index in [0.29, 0.717) is 5.82 Å². The Morgan fingerprint density at radius 2 is 1.02 bits per heavy atom. The largest absolute Gasteiger partial charge is 0.264 e. The molecule has 6 aromatic carbocycles. The third-order valence-electron chi connectivity index (χ3n) is 9.98. The zero-order valence-electron chi connectivity index (χ0n) is 27.4. The van der Waals surface area contributed by atoms with Gasteiger partial charge >= 0.3 is 0 Å². The number of pyridine rings is 1. The summed E-state index contributed by atoms with van der Waals surface area (Å²) < 4.78 is 0. The van der Waals surface area contributed by atoms with Crippen LogP contribution in [0.1, 0.15) is 25.0 Å². The van der Waals surface area contributed by atoms with E-state index in [4.69, 9.17) is 9.97 Å². The van der Waals surface area contributed by atoms with Crippen molar-refractivity contribution in [1.29, 1.82) is 0 Å². The van der Waals surface area contributed by atoms with Crippen molar-refractivity contribution >= 4 is 10.8 Å². The monoisotopic (exact) mass is 627 g/mol. The molecule has 0 atom stereocenters. The fourth-order valence-electron chi connectivity index (χ4n) is 7.67. The minimum atomic E-state index is -0.116. The quantitative estimate of drug-likeness (QED) is 0.191. The van der Waals surface area contributed by atoms with Crippen LogP contribution in [0.25, 0.3) is 78.1 Å². The van der Waals surface area contributed by atoms with E-state index in [1.165, 1.54) is 38.8 Å². The molecule has 3 heteroatoms. The lowest BCUT2D eigenvalue weighted by Gasteiger charge is -2.25. The molecule has 0 unspecified atom stereocenters. The van der Waals surface area contributed by atoms with E-state index >= 15 is 0 Å². The van der Waals surface area contributed by atoms with E-state index in [9.17, 15) is 0 Å². The van der Waals surface area contributed by atoms with Gasteiger partial charge in [-0.2, -0.15) is 0 Å². The van der Waals surface area contributed by atoms with Crippen LogP contribution in [0.4, 0.5) is 0 Å². The molecule has 2 heterocycles. The van der Waals surface area contributed by atoms with E-state index in [1.54, 1.807) is 6.20 Å². The molecule has 0 spiro atoms. The van der Waals surface area contributed by atoms with Gasteiger partial charge in [0.1, 0.15) is 0 Å². The Kier molecular flexibility index (Phi) is 6.80. The topological polar surface area (TPSA) is 38.7 Å². The van der Waals surface area contributed by atoms with Crippen molar-refractivity contribution in [3.8, 4) is 67.3 Å². The molecule has 9 rings (SSSR count). The molecule has 8 aromatic rings. The van der Waals surface area contributed by atoms with Crippen molar-refractivity contribution in [2.45, 2.75) is 19.3 Å². The van der Waals surface area contributed by atoms with Gasteiger partial charge in [-0.3, -0.25) is 4.98 Å². The van der Waals surface area contributed by atoms with Gasteiger partial charge in [0.05, 0.1) is 11.4 Å². The Balaban J connectivity index is 1.24. The third-order valence-corrected chi connectivity index (χ3v) is 9.98. The number of benzene rings is 6. The van der Waals surface area contributed by atoms with Gasteiger partial charge < -0.3 is 0 Å². The molecule has 0 fully saturated rings. The molecular weight excluding hydrogens is 595 g/mol. The summed E-state index contributed by atoms with van der Waals surface area (Å²) in [6.07, 6.45) is 3.70. The molecule has 49 heavy (non-hydrogen) atoms.